The zero-order chi connectivity index (χ0) is 16.9. The van der Waals surface area contributed by atoms with Crippen molar-refractivity contribution >= 4 is 40.6 Å². The van der Waals surface area contributed by atoms with Crippen molar-refractivity contribution in [3.63, 3.8) is 0 Å². The molecule has 24 heavy (non-hydrogen) atoms. The topological polar surface area (TPSA) is 54.8 Å². The third kappa shape index (κ3) is 4.06. The molecule has 0 saturated carbocycles. The molecule has 0 bridgehead atoms. The summed E-state index contributed by atoms with van der Waals surface area (Å²) in [5.74, 6) is -0.0743. The highest BCUT2D eigenvalue weighted by molar-refractivity contribution is 7.80. The monoisotopic (exact) mass is 361 g/mol. The number of hydrogen-bond acceptors (Lipinski definition) is 3. The van der Waals surface area contributed by atoms with E-state index in [1.807, 2.05) is 24.3 Å². The summed E-state index contributed by atoms with van der Waals surface area (Å²) in [6.07, 6.45) is 1.57. The first kappa shape index (κ1) is 16.4. The fraction of sp³-hybridized carbons (Fsp3) is 0.0625. The van der Waals surface area contributed by atoms with E-state index >= 15 is 0 Å². The molecule has 5 nitrogen and oxygen atoms in total. The van der Waals surface area contributed by atoms with Crippen LogP contribution in [-0.4, -0.2) is 19.9 Å². The van der Waals surface area contributed by atoms with Crippen LogP contribution in [0.25, 0.3) is 0 Å². The van der Waals surface area contributed by atoms with Crippen LogP contribution in [-0.2, 0) is 6.54 Å². The third-order valence-corrected chi connectivity index (χ3v) is 3.75. The van der Waals surface area contributed by atoms with Gasteiger partial charge in [0.1, 0.15) is 12.1 Å². The molecule has 1 heterocycles. The molecular formula is C16H13ClFN5S. The summed E-state index contributed by atoms with van der Waals surface area (Å²) in [6, 6.07) is 13.8. The highest BCUT2D eigenvalue weighted by atomic mass is 35.5. The molecule has 122 valence electrons. The van der Waals surface area contributed by atoms with Gasteiger partial charge in [0.05, 0.1) is 12.2 Å². The minimum Gasteiger partial charge on any atom is -0.330 e. The summed E-state index contributed by atoms with van der Waals surface area (Å²) in [4.78, 5) is 4.12. The summed E-state index contributed by atoms with van der Waals surface area (Å²) < 4.78 is 15.2. The Morgan fingerprint density at radius 3 is 2.67 bits per heavy atom. The summed E-state index contributed by atoms with van der Waals surface area (Å²) >= 11 is 11.3. The molecule has 0 unspecified atom stereocenters. The third-order valence-electron chi connectivity index (χ3n) is 3.17. The fourth-order valence-corrected chi connectivity index (χ4v) is 2.44. The maximum absolute atomic E-state index is 13.6. The lowest BCUT2D eigenvalue weighted by atomic mass is 10.2. The van der Waals surface area contributed by atoms with Crippen molar-refractivity contribution in [3.8, 4) is 0 Å². The van der Waals surface area contributed by atoms with Crippen LogP contribution in [0.5, 0.6) is 0 Å². The van der Waals surface area contributed by atoms with Crippen LogP contribution < -0.4 is 10.6 Å². The maximum Gasteiger partial charge on any atom is 0.248 e. The van der Waals surface area contributed by atoms with E-state index < -0.39 is 0 Å². The van der Waals surface area contributed by atoms with E-state index in [2.05, 4.69) is 20.7 Å². The van der Waals surface area contributed by atoms with Crippen LogP contribution in [0.2, 0.25) is 5.02 Å². The van der Waals surface area contributed by atoms with Crippen molar-refractivity contribution in [2.24, 2.45) is 0 Å². The Bertz CT molecular complexity index is 867. The average Bonchev–Trinajstić information content (AvgIpc) is 2.99. The molecule has 0 radical (unpaired) electrons. The first-order valence-corrected chi connectivity index (χ1v) is 7.86. The van der Waals surface area contributed by atoms with Gasteiger partial charge in [0, 0.05) is 5.02 Å². The van der Waals surface area contributed by atoms with Gasteiger partial charge in [0.2, 0.25) is 5.95 Å². The van der Waals surface area contributed by atoms with Crippen LogP contribution >= 0.6 is 23.8 Å². The molecule has 0 aliphatic rings. The van der Waals surface area contributed by atoms with Gasteiger partial charge in [-0.1, -0.05) is 41.9 Å². The van der Waals surface area contributed by atoms with E-state index in [4.69, 9.17) is 23.8 Å². The molecule has 0 atom stereocenters. The molecule has 0 aliphatic heterocycles. The minimum absolute atomic E-state index is 0.204. The lowest BCUT2D eigenvalue weighted by molar-refractivity contribution is 0.632. The Morgan fingerprint density at radius 2 is 1.88 bits per heavy atom. The Hall–Kier alpha value is -2.51. The van der Waals surface area contributed by atoms with Crippen molar-refractivity contribution < 1.29 is 4.39 Å². The van der Waals surface area contributed by atoms with Crippen molar-refractivity contribution in [3.05, 3.63) is 71.3 Å². The lowest BCUT2D eigenvalue weighted by Crippen LogP contribution is -2.20. The molecule has 0 aliphatic carbocycles. The molecule has 2 aromatic carbocycles. The van der Waals surface area contributed by atoms with E-state index in [0.717, 1.165) is 5.56 Å². The number of rotatable bonds is 4. The number of benzene rings is 2. The molecule has 0 fully saturated rings. The van der Waals surface area contributed by atoms with Gasteiger partial charge in [-0.25, -0.2) is 14.1 Å². The highest BCUT2D eigenvalue weighted by Crippen LogP contribution is 2.16. The quantitative estimate of drug-likeness (QED) is 0.690. The number of halogens is 2. The molecule has 0 saturated heterocycles. The standard InChI is InChI=1S/C16H13ClFN5S/c17-12-6-2-1-5-11(12)9-23-10-19-15(22-23)21-16(24)20-14-8-4-3-7-13(14)18/h1-8,10H,9H2,(H2,20,21,22,24). The number of thiocarbonyl (C=S) groups is 1. The van der Waals surface area contributed by atoms with Crippen LogP contribution in [0.1, 0.15) is 5.56 Å². The Labute approximate surface area is 148 Å². The summed E-state index contributed by atoms with van der Waals surface area (Å²) in [6.45, 7) is 0.488. The summed E-state index contributed by atoms with van der Waals surface area (Å²) in [7, 11) is 0. The Kier molecular flexibility index (Phi) is 5.02. The lowest BCUT2D eigenvalue weighted by Gasteiger charge is -2.08. The number of nitrogens with one attached hydrogen (secondary N) is 2. The number of anilines is 2. The molecule has 0 spiro atoms. The van der Waals surface area contributed by atoms with Gasteiger partial charge in [0.25, 0.3) is 0 Å². The largest absolute Gasteiger partial charge is 0.330 e. The molecular weight excluding hydrogens is 349 g/mol. The van der Waals surface area contributed by atoms with Crippen LogP contribution in [0.15, 0.2) is 54.9 Å². The van der Waals surface area contributed by atoms with E-state index in [1.165, 1.54) is 6.07 Å². The highest BCUT2D eigenvalue weighted by Gasteiger charge is 2.07. The van der Waals surface area contributed by atoms with Gasteiger partial charge < -0.3 is 5.32 Å². The van der Waals surface area contributed by atoms with Gasteiger partial charge in [-0.15, -0.1) is 5.10 Å². The van der Waals surface area contributed by atoms with Crippen LogP contribution in [0, 0.1) is 5.82 Å². The van der Waals surface area contributed by atoms with Gasteiger partial charge >= 0.3 is 0 Å². The van der Waals surface area contributed by atoms with E-state index in [1.54, 1.807) is 29.2 Å². The van der Waals surface area contributed by atoms with E-state index in [9.17, 15) is 4.39 Å². The second-order valence-corrected chi connectivity index (χ2v) is 5.73. The molecule has 8 heteroatoms. The molecule has 3 aromatic rings. The minimum atomic E-state index is -0.390. The zero-order valence-electron chi connectivity index (χ0n) is 12.4. The average molecular weight is 362 g/mol. The van der Waals surface area contributed by atoms with Gasteiger partial charge in [-0.3, -0.25) is 5.32 Å². The summed E-state index contributed by atoms with van der Waals surface area (Å²) in [5, 5.41) is 10.7. The van der Waals surface area contributed by atoms with Gasteiger partial charge in [-0.2, -0.15) is 0 Å². The van der Waals surface area contributed by atoms with Crippen molar-refractivity contribution in [2.45, 2.75) is 6.54 Å². The first-order valence-electron chi connectivity index (χ1n) is 7.07. The van der Waals surface area contributed by atoms with E-state index in [0.29, 0.717) is 17.5 Å². The Balaban J connectivity index is 1.63. The number of hydrogen-bond donors (Lipinski definition) is 2. The smallest absolute Gasteiger partial charge is 0.248 e. The van der Waals surface area contributed by atoms with E-state index in [-0.39, 0.29) is 16.6 Å². The molecule has 2 N–H and O–H groups in total. The predicted molar refractivity (Wildman–Crippen MR) is 96.8 cm³/mol. The Morgan fingerprint density at radius 1 is 1.12 bits per heavy atom. The summed E-state index contributed by atoms with van der Waals surface area (Å²) in [5.41, 5.74) is 1.22. The first-order chi connectivity index (χ1) is 11.6. The van der Waals surface area contributed by atoms with Crippen LogP contribution in [0.3, 0.4) is 0 Å². The van der Waals surface area contributed by atoms with Gasteiger partial charge in [0.15, 0.2) is 5.11 Å². The number of nitrogens with zero attached hydrogens (tertiary/aromatic N) is 3. The van der Waals surface area contributed by atoms with Crippen molar-refractivity contribution in [1.82, 2.24) is 14.8 Å². The molecule has 0 amide bonds. The van der Waals surface area contributed by atoms with Crippen LogP contribution in [0.4, 0.5) is 16.0 Å². The second-order valence-electron chi connectivity index (χ2n) is 4.92. The second kappa shape index (κ2) is 7.37. The van der Waals surface area contributed by atoms with Crippen molar-refractivity contribution in [2.75, 3.05) is 10.6 Å². The molecule has 3 rings (SSSR count). The normalized spacial score (nSPS) is 10.4. The number of aromatic nitrogens is 3. The number of para-hydroxylation sites is 1. The molecule has 1 aromatic heterocycles. The van der Waals surface area contributed by atoms with Gasteiger partial charge in [-0.05, 0) is 36.0 Å². The zero-order valence-corrected chi connectivity index (χ0v) is 14.0. The van der Waals surface area contributed by atoms with Crippen molar-refractivity contribution in [1.29, 1.82) is 0 Å². The fourth-order valence-electron chi connectivity index (χ4n) is 2.05. The maximum atomic E-state index is 13.6. The predicted octanol–water partition coefficient (Wildman–Crippen LogP) is 3.93. The SMILES string of the molecule is Fc1ccccc1NC(=S)Nc1ncn(Cc2ccccc2Cl)n1.